The zero-order valence-corrected chi connectivity index (χ0v) is 20.1. The number of aromatic nitrogens is 4. The number of hydrogen-bond acceptors (Lipinski definition) is 7. The van der Waals surface area contributed by atoms with Crippen LogP contribution in [0.3, 0.4) is 0 Å². The number of H-pyrrole nitrogens is 2. The smallest absolute Gasteiger partial charge is 0.323 e. The van der Waals surface area contributed by atoms with Gasteiger partial charge in [0.25, 0.3) is 5.56 Å². The molecular weight excluding hydrogens is 482 g/mol. The molecule has 36 heavy (non-hydrogen) atoms. The molecule has 0 aliphatic carbocycles. The SMILES string of the molecule is COc1ccc(-n2c(SCC(=O)Nc3ccc4[nH]c(=O)[nH]c4c3)nc3ccccc3c2=O)cc1OC. The quantitative estimate of drug-likeness (QED) is 0.229. The molecule has 1 amide bonds. The fourth-order valence-electron chi connectivity index (χ4n) is 3.84. The van der Waals surface area contributed by atoms with E-state index in [1.807, 2.05) is 0 Å². The lowest BCUT2D eigenvalue weighted by molar-refractivity contribution is -0.113. The molecule has 0 unspecified atom stereocenters. The summed E-state index contributed by atoms with van der Waals surface area (Å²) in [4.78, 5) is 47.7. The van der Waals surface area contributed by atoms with Gasteiger partial charge in [0, 0.05) is 11.8 Å². The van der Waals surface area contributed by atoms with Crippen LogP contribution in [0.4, 0.5) is 5.69 Å². The van der Waals surface area contributed by atoms with Gasteiger partial charge in [0.05, 0.1) is 47.6 Å². The van der Waals surface area contributed by atoms with Crippen molar-refractivity contribution in [2.75, 3.05) is 25.3 Å². The molecule has 0 saturated heterocycles. The standard InChI is InChI=1S/C25H21N5O5S/c1-34-20-10-8-15(12-21(20)35-2)30-23(32)16-5-3-4-6-17(16)29-25(30)36-13-22(31)26-14-7-9-18-19(11-14)28-24(33)27-18/h3-12H,13H2,1-2H3,(H,26,31)(H2,27,28,33). The number of aromatic amines is 2. The number of nitrogens with one attached hydrogen (secondary N) is 3. The Kier molecular flexibility index (Phi) is 6.21. The number of carbonyl (C=O) groups is 1. The molecule has 0 spiro atoms. The van der Waals surface area contributed by atoms with E-state index in [2.05, 4.69) is 20.3 Å². The van der Waals surface area contributed by atoms with Gasteiger partial charge in [0.15, 0.2) is 16.7 Å². The predicted octanol–water partition coefficient (Wildman–Crippen LogP) is 3.30. The third-order valence-corrected chi connectivity index (χ3v) is 6.44. The number of rotatable bonds is 7. The molecule has 3 aromatic carbocycles. The Morgan fingerprint density at radius 3 is 2.56 bits per heavy atom. The van der Waals surface area contributed by atoms with E-state index in [0.29, 0.717) is 50.0 Å². The monoisotopic (exact) mass is 503 g/mol. The third kappa shape index (κ3) is 4.43. The number of carbonyl (C=O) groups excluding carboxylic acids is 1. The molecule has 2 heterocycles. The zero-order chi connectivity index (χ0) is 25.2. The average molecular weight is 504 g/mol. The summed E-state index contributed by atoms with van der Waals surface area (Å²) in [6.07, 6.45) is 0. The fourth-order valence-corrected chi connectivity index (χ4v) is 4.65. The number of hydrogen-bond donors (Lipinski definition) is 3. The van der Waals surface area contributed by atoms with Gasteiger partial charge in [0.2, 0.25) is 5.91 Å². The number of imidazole rings is 1. The summed E-state index contributed by atoms with van der Waals surface area (Å²) in [6, 6.07) is 17.2. The fraction of sp³-hybridized carbons (Fsp3) is 0.120. The first-order chi connectivity index (χ1) is 17.5. The van der Waals surface area contributed by atoms with Gasteiger partial charge in [-0.25, -0.2) is 9.78 Å². The van der Waals surface area contributed by atoms with Gasteiger partial charge in [-0.1, -0.05) is 23.9 Å². The minimum Gasteiger partial charge on any atom is -0.493 e. The van der Waals surface area contributed by atoms with Crippen LogP contribution in [0.25, 0.3) is 27.6 Å². The van der Waals surface area contributed by atoms with Crippen LogP contribution in [0.2, 0.25) is 0 Å². The van der Waals surface area contributed by atoms with Crippen LogP contribution < -0.4 is 26.0 Å². The molecule has 0 aliphatic heterocycles. The Bertz CT molecular complexity index is 1720. The zero-order valence-electron chi connectivity index (χ0n) is 19.3. The van der Waals surface area contributed by atoms with E-state index < -0.39 is 0 Å². The highest BCUT2D eigenvalue weighted by atomic mass is 32.2. The number of para-hydroxylation sites is 1. The number of nitrogens with zero attached hydrogens (tertiary/aromatic N) is 2. The summed E-state index contributed by atoms with van der Waals surface area (Å²) in [5.41, 5.74) is 2.24. The lowest BCUT2D eigenvalue weighted by Gasteiger charge is -2.15. The number of ether oxygens (including phenoxy) is 2. The van der Waals surface area contributed by atoms with Crippen LogP contribution in [0.1, 0.15) is 0 Å². The molecular formula is C25H21N5O5S. The number of fused-ring (bicyclic) bond motifs is 2. The highest BCUT2D eigenvalue weighted by Gasteiger charge is 2.17. The molecule has 0 bridgehead atoms. The van der Waals surface area contributed by atoms with E-state index in [4.69, 9.17) is 9.47 Å². The van der Waals surface area contributed by atoms with E-state index in [1.54, 1.807) is 60.7 Å². The average Bonchev–Trinajstić information content (AvgIpc) is 3.26. The van der Waals surface area contributed by atoms with Gasteiger partial charge in [-0.3, -0.25) is 14.2 Å². The first kappa shape index (κ1) is 23.2. The Morgan fingerprint density at radius 1 is 0.972 bits per heavy atom. The van der Waals surface area contributed by atoms with Crippen molar-refractivity contribution < 1.29 is 14.3 Å². The summed E-state index contributed by atoms with van der Waals surface area (Å²) in [6.45, 7) is 0. The van der Waals surface area contributed by atoms with Crippen LogP contribution >= 0.6 is 11.8 Å². The third-order valence-electron chi connectivity index (χ3n) is 5.50. The van der Waals surface area contributed by atoms with Crippen molar-refractivity contribution >= 4 is 45.3 Å². The van der Waals surface area contributed by atoms with Crippen LogP contribution in [-0.2, 0) is 4.79 Å². The molecule has 182 valence electrons. The van der Waals surface area contributed by atoms with Gasteiger partial charge in [-0.15, -0.1) is 0 Å². The van der Waals surface area contributed by atoms with Gasteiger partial charge in [-0.2, -0.15) is 0 Å². The van der Waals surface area contributed by atoms with Crippen molar-refractivity contribution in [1.29, 1.82) is 0 Å². The topological polar surface area (TPSA) is 131 Å². The Hall–Kier alpha value is -4.51. The van der Waals surface area contributed by atoms with Crippen molar-refractivity contribution in [1.82, 2.24) is 19.5 Å². The number of benzene rings is 3. The van der Waals surface area contributed by atoms with Gasteiger partial charge in [0.1, 0.15) is 0 Å². The first-order valence-corrected chi connectivity index (χ1v) is 11.8. The largest absolute Gasteiger partial charge is 0.493 e. The van der Waals surface area contributed by atoms with E-state index >= 15 is 0 Å². The lowest BCUT2D eigenvalue weighted by Crippen LogP contribution is -2.23. The molecule has 10 nitrogen and oxygen atoms in total. The van der Waals surface area contributed by atoms with Crippen molar-refractivity contribution in [3.63, 3.8) is 0 Å². The van der Waals surface area contributed by atoms with Crippen molar-refractivity contribution in [3.8, 4) is 17.2 Å². The molecule has 0 saturated carbocycles. The predicted molar refractivity (Wildman–Crippen MR) is 139 cm³/mol. The van der Waals surface area contributed by atoms with Gasteiger partial charge < -0.3 is 24.8 Å². The van der Waals surface area contributed by atoms with Crippen molar-refractivity contribution in [2.24, 2.45) is 0 Å². The summed E-state index contributed by atoms with van der Waals surface area (Å²) < 4.78 is 12.2. The molecule has 0 radical (unpaired) electrons. The maximum atomic E-state index is 13.5. The number of thioether (sulfide) groups is 1. The van der Waals surface area contributed by atoms with E-state index in [-0.39, 0.29) is 22.9 Å². The van der Waals surface area contributed by atoms with E-state index in [9.17, 15) is 14.4 Å². The molecule has 3 N–H and O–H groups in total. The number of methoxy groups -OCH3 is 2. The van der Waals surface area contributed by atoms with Crippen molar-refractivity contribution in [2.45, 2.75) is 5.16 Å². The summed E-state index contributed by atoms with van der Waals surface area (Å²) >= 11 is 1.13. The first-order valence-electron chi connectivity index (χ1n) is 10.9. The molecule has 11 heteroatoms. The summed E-state index contributed by atoms with van der Waals surface area (Å²) in [7, 11) is 3.05. The molecule has 0 aliphatic rings. The molecule has 5 rings (SSSR count). The maximum Gasteiger partial charge on any atom is 0.323 e. The molecule has 0 atom stereocenters. The van der Waals surface area contributed by atoms with Crippen molar-refractivity contribution in [3.05, 3.63) is 81.5 Å². The van der Waals surface area contributed by atoms with E-state index in [1.165, 1.54) is 18.8 Å². The Morgan fingerprint density at radius 2 is 1.75 bits per heavy atom. The van der Waals surface area contributed by atoms with Crippen LogP contribution in [-0.4, -0.2) is 45.4 Å². The minimum atomic E-state index is -0.320. The Balaban J connectivity index is 1.47. The summed E-state index contributed by atoms with van der Waals surface area (Å²) in [5.74, 6) is 0.692. The van der Waals surface area contributed by atoms with Gasteiger partial charge in [-0.05, 0) is 42.5 Å². The second-order valence-electron chi connectivity index (χ2n) is 7.77. The second kappa shape index (κ2) is 9.62. The van der Waals surface area contributed by atoms with Gasteiger partial charge >= 0.3 is 5.69 Å². The molecule has 5 aromatic rings. The van der Waals surface area contributed by atoms with Crippen LogP contribution in [0, 0.1) is 0 Å². The Labute approximate surface area is 208 Å². The molecule has 0 fully saturated rings. The minimum absolute atomic E-state index is 0.000234. The number of anilines is 1. The maximum absolute atomic E-state index is 13.5. The second-order valence-corrected chi connectivity index (χ2v) is 8.71. The highest BCUT2D eigenvalue weighted by molar-refractivity contribution is 7.99. The number of amides is 1. The summed E-state index contributed by atoms with van der Waals surface area (Å²) in [5, 5.41) is 3.62. The van der Waals surface area contributed by atoms with Crippen LogP contribution in [0.15, 0.2) is 75.4 Å². The van der Waals surface area contributed by atoms with Crippen LogP contribution in [0.5, 0.6) is 11.5 Å². The molecule has 2 aromatic heterocycles. The van der Waals surface area contributed by atoms with E-state index in [0.717, 1.165) is 11.8 Å². The highest BCUT2D eigenvalue weighted by Crippen LogP contribution is 2.30. The normalized spacial score (nSPS) is 11.1. The lowest BCUT2D eigenvalue weighted by atomic mass is 10.2.